The molecule has 0 saturated heterocycles. The molecule has 0 fully saturated rings. The highest BCUT2D eigenvalue weighted by Crippen LogP contribution is 2.32. The summed E-state index contributed by atoms with van der Waals surface area (Å²) >= 11 is 0. The van der Waals surface area contributed by atoms with Gasteiger partial charge in [-0.05, 0) is 73.9 Å². The molecule has 0 bridgehead atoms. The smallest absolute Gasteiger partial charge is 0.264 e. The van der Waals surface area contributed by atoms with Crippen molar-refractivity contribution in [2.24, 2.45) is 0 Å². The largest absolute Gasteiger partial charge is 0.497 e. The molecular weight excluding hydrogens is 480 g/mol. The third kappa shape index (κ3) is 6.09. The van der Waals surface area contributed by atoms with E-state index in [0.717, 1.165) is 21.0 Å². The number of aryl methyl sites for hydroxylation is 2. The van der Waals surface area contributed by atoms with Crippen LogP contribution >= 0.6 is 0 Å². The zero-order valence-electron chi connectivity index (χ0n) is 21.4. The molecule has 3 rings (SSSR count). The molecular formula is C27H32N2O6S. The number of nitrogens with one attached hydrogen (secondary N) is 1. The number of rotatable bonds is 10. The molecule has 192 valence electrons. The molecule has 1 atom stereocenters. The number of nitrogens with zero attached hydrogens (tertiary/aromatic N) is 1. The van der Waals surface area contributed by atoms with E-state index >= 15 is 0 Å². The molecule has 0 aromatic heterocycles. The van der Waals surface area contributed by atoms with Gasteiger partial charge >= 0.3 is 0 Å². The third-order valence-corrected chi connectivity index (χ3v) is 7.49. The first-order valence-corrected chi connectivity index (χ1v) is 12.8. The number of amides is 1. The Labute approximate surface area is 212 Å². The predicted molar refractivity (Wildman–Crippen MR) is 140 cm³/mol. The minimum atomic E-state index is -4.13. The number of sulfonamides is 1. The zero-order chi connectivity index (χ0) is 26.5. The Morgan fingerprint density at radius 3 is 2.03 bits per heavy atom. The van der Waals surface area contributed by atoms with Gasteiger partial charge in [-0.3, -0.25) is 9.10 Å². The van der Waals surface area contributed by atoms with Gasteiger partial charge in [0.1, 0.15) is 12.3 Å². The van der Waals surface area contributed by atoms with Crippen molar-refractivity contribution in [2.75, 3.05) is 32.2 Å². The standard InChI is InChI=1S/C27H32N2O6S/c1-18-13-19(2)15-22(14-18)29(36(31,32)24-11-12-25(34-5)26(16-24)35-6)17-27(30)28-20(3)21-7-9-23(33-4)10-8-21/h7-16,20H,17H2,1-6H3,(H,28,30)/t20-/m1/s1. The Balaban J connectivity index is 1.96. The maximum absolute atomic E-state index is 13.8. The number of carbonyl (C=O) groups excluding carboxylic acids is 1. The van der Waals surface area contributed by atoms with E-state index in [1.54, 1.807) is 31.4 Å². The van der Waals surface area contributed by atoms with E-state index in [9.17, 15) is 13.2 Å². The van der Waals surface area contributed by atoms with Crippen molar-refractivity contribution in [3.05, 3.63) is 77.4 Å². The van der Waals surface area contributed by atoms with Crippen molar-refractivity contribution in [1.82, 2.24) is 5.32 Å². The van der Waals surface area contributed by atoms with Crippen molar-refractivity contribution in [3.63, 3.8) is 0 Å². The van der Waals surface area contributed by atoms with Crippen LogP contribution in [0.4, 0.5) is 5.69 Å². The van der Waals surface area contributed by atoms with Crippen LogP contribution in [0.1, 0.15) is 29.7 Å². The lowest BCUT2D eigenvalue weighted by atomic mass is 10.1. The zero-order valence-corrected chi connectivity index (χ0v) is 22.2. The number of anilines is 1. The topological polar surface area (TPSA) is 94.2 Å². The van der Waals surface area contributed by atoms with Crippen LogP contribution in [0.2, 0.25) is 0 Å². The highest BCUT2D eigenvalue weighted by molar-refractivity contribution is 7.92. The fourth-order valence-electron chi connectivity index (χ4n) is 3.91. The van der Waals surface area contributed by atoms with Gasteiger partial charge in [-0.1, -0.05) is 18.2 Å². The molecule has 1 N–H and O–H groups in total. The van der Waals surface area contributed by atoms with E-state index in [4.69, 9.17) is 14.2 Å². The summed E-state index contributed by atoms with van der Waals surface area (Å²) in [6, 6.07) is 16.8. The van der Waals surface area contributed by atoms with Gasteiger partial charge in [0, 0.05) is 6.07 Å². The molecule has 36 heavy (non-hydrogen) atoms. The van der Waals surface area contributed by atoms with E-state index in [1.165, 1.54) is 32.4 Å². The fraction of sp³-hybridized carbons (Fsp3) is 0.296. The average molecular weight is 513 g/mol. The fourth-order valence-corrected chi connectivity index (χ4v) is 5.33. The minimum Gasteiger partial charge on any atom is -0.497 e. The quantitative estimate of drug-likeness (QED) is 0.433. The monoisotopic (exact) mass is 512 g/mol. The van der Waals surface area contributed by atoms with Crippen molar-refractivity contribution in [3.8, 4) is 17.2 Å². The number of hydrogen-bond donors (Lipinski definition) is 1. The Morgan fingerprint density at radius 1 is 0.861 bits per heavy atom. The van der Waals surface area contributed by atoms with Crippen LogP contribution in [0.3, 0.4) is 0 Å². The summed E-state index contributed by atoms with van der Waals surface area (Å²) in [7, 11) is 0.364. The van der Waals surface area contributed by atoms with Gasteiger partial charge in [0.25, 0.3) is 10.0 Å². The van der Waals surface area contributed by atoms with Crippen LogP contribution < -0.4 is 23.8 Å². The van der Waals surface area contributed by atoms with Gasteiger partial charge in [0.05, 0.1) is 38.0 Å². The van der Waals surface area contributed by atoms with E-state index in [1.807, 2.05) is 39.0 Å². The minimum absolute atomic E-state index is 0.0182. The van der Waals surface area contributed by atoms with Crippen molar-refractivity contribution >= 4 is 21.6 Å². The molecule has 0 aliphatic rings. The lowest BCUT2D eigenvalue weighted by molar-refractivity contribution is -0.120. The van der Waals surface area contributed by atoms with E-state index < -0.39 is 22.5 Å². The summed E-state index contributed by atoms with van der Waals surface area (Å²) in [5.74, 6) is 0.942. The van der Waals surface area contributed by atoms with Crippen LogP contribution in [0.5, 0.6) is 17.2 Å². The summed E-state index contributed by atoms with van der Waals surface area (Å²) in [5, 5.41) is 2.90. The van der Waals surface area contributed by atoms with Crippen LogP contribution in [-0.2, 0) is 14.8 Å². The number of ether oxygens (including phenoxy) is 3. The van der Waals surface area contributed by atoms with Crippen molar-refractivity contribution < 1.29 is 27.4 Å². The maximum Gasteiger partial charge on any atom is 0.264 e. The van der Waals surface area contributed by atoms with Gasteiger partial charge in [-0.15, -0.1) is 0 Å². The first-order chi connectivity index (χ1) is 17.1. The Morgan fingerprint density at radius 2 is 1.47 bits per heavy atom. The van der Waals surface area contributed by atoms with Crippen LogP contribution in [-0.4, -0.2) is 42.2 Å². The second-order valence-electron chi connectivity index (χ2n) is 8.44. The molecule has 0 radical (unpaired) electrons. The first kappa shape index (κ1) is 26.9. The molecule has 0 spiro atoms. The molecule has 0 aliphatic heterocycles. The highest BCUT2D eigenvalue weighted by atomic mass is 32.2. The molecule has 3 aromatic carbocycles. The second kappa shape index (κ2) is 11.3. The van der Waals surface area contributed by atoms with Crippen LogP contribution in [0, 0.1) is 13.8 Å². The van der Waals surface area contributed by atoms with Gasteiger partial charge in [-0.25, -0.2) is 8.42 Å². The Kier molecular flexibility index (Phi) is 8.47. The van der Waals surface area contributed by atoms with Gasteiger partial charge in [0.2, 0.25) is 5.91 Å². The summed E-state index contributed by atoms with van der Waals surface area (Å²) in [5.41, 5.74) is 3.02. The molecule has 0 aliphatic carbocycles. The van der Waals surface area contributed by atoms with Crippen molar-refractivity contribution in [1.29, 1.82) is 0 Å². The maximum atomic E-state index is 13.8. The third-order valence-electron chi connectivity index (χ3n) is 5.72. The first-order valence-electron chi connectivity index (χ1n) is 11.4. The van der Waals surface area contributed by atoms with E-state index in [2.05, 4.69) is 5.32 Å². The normalized spacial score (nSPS) is 11.9. The molecule has 0 heterocycles. The Bertz CT molecular complexity index is 1300. The predicted octanol–water partition coefficient (Wildman–Crippen LogP) is 4.40. The number of methoxy groups -OCH3 is 3. The molecule has 0 saturated carbocycles. The summed E-state index contributed by atoms with van der Waals surface area (Å²) < 4.78 is 44.5. The van der Waals surface area contributed by atoms with Gasteiger partial charge < -0.3 is 19.5 Å². The van der Waals surface area contributed by atoms with Crippen LogP contribution in [0.15, 0.2) is 65.6 Å². The van der Waals surface area contributed by atoms with Gasteiger partial charge in [0.15, 0.2) is 11.5 Å². The summed E-state index contributed by atoms with van der Waals surface area (Å²) in [4.78, 5) is 13.1. The Hall–Kier alpha value is -3.72. The molecule has 9 heteroatoms. The molecule has 1 amide bonds. The van der Waals surface area contributed by atoms with E-state index in [-0.39, 0.29) is 16.7 Å². The second-order valence-corrected chi connectivity index (χ2v) is 10.3. The lowest BCUT2D eigenvalue weighted by Crippen LogP contribution is -2.41. The van der Waals surface area contributed by atoms with Gasteiger partial charge in [-0.2, -0.15) is 0 Å². The summed E-state index contributed by atoms with van der Waals surface area (Å²) in [6.07, 6.45) is 0. The molecule has 3 aromatic rings. The lowest BCUT2D eigenvalue weighted by Gasteiger charge is -2.26. The molecule has 8 nitrogen and oxygen atoms in total. The van der Waals surface area contributed by atoms with E-state index in [0.29, 0.717) is 17.2 Å². The average Bonchev–Trinajstić information content (AvgIpc) is 2.86. The number of benzene rings is 3. The summed E-state index contributed by atoms with van der Waals surface area (Å²) in [6.45, 7) is 5.19. The van der Waals surface area contributed by atoms with Crippen molar-refractivity contribution in [2.45, 2.75) is 31.7 Å². The van der Waals surface area contributed by atoms with Crippen LogP contribution in [0.25, 0.3) is 0 Å². The molecule has 0 unspecified atom stereocenters. The number of carbonyl (C=O) groups is 1. The number of hydrogen-bond acceptors (Lipinski definition) is 6. The highest BCUT2D eigenvalue weighted by Gasteiger charge is 2.29. The SMILES string of the molecule is COc1ccc([C@@H](C)NC(=O)CN(c2cc(C)cc(C)c2)S(=O)(=O)c2ccc(OC)c(OC)c2)cc1.